The van der Waals surface area contributed by atoms with Crippen LogP contribution in [0.25, 0.3) is 0 Å². The van der Waals surface area contributed by atoms with Gasteiger partial charge in [-0.05, 0) is 17.7 Å². The maximum Gasteiger partial charge on any atom is 0.338 e. The van der Waals surface area contributed by atoms with Gasteiger partial charge >= 0.3 is 11.9 Å². The van der Waals surface area contributed by atoms with Crippen LogP contribution in [0.3, 0.4) is 0 Å². The molecule has 7 nitrogen and oxygen atoms in total. The smallest absolute Gasteiger partial charge is 0.338 e. The van der Waals surface area contributed by atoms with Crippen LogP contribution in [0.2, 0.25) is 0 Å². The number of carbonyl (C=O) groups excluding carboxylic acids is 1. The van der Waals surface area contributed by atoms with Crippen molar-refractivity contribution in [1.82, 2.24) is 0 Å². The SMILES string of the molecule is COC(=O)c1cc(N)ccc1C(O)C(O)CC(=O)O. The third-order valence-corrected chi connectivity index (χ3v) is 2.55. The second-order valence-corrected chi connectivity index (χ2v) is 3.95. The predicted octanol–water partition coefficient (Wildman–Crippen LogP) is -0.0756. The van der Waals surface area contributed by atoms with Gasteiger partial charge in [-0.15, -0.1) is 0 Å². The van der Waals surface area contributed by atoms with E-state index in [9.17, 15) is 19.8 Å². The van der Waals surface area contributed by atoms with Gasteiger partial charge in [0.15, 0.2) is 0 Å². The summed E-state index contributed by atoms with van der Waals surface area (Å²) in [6.45, 7) is 0. The average molecular weight is 269 g/mol. The number of hydrogen-bond acceptors (Lipinski definition) is 6. The Bertz CT molecular complexity index is 487. The highest BCUT2D eigenvalue weighted by molar-refractivity contribution is 5.92. The molecule has 104 valence electrons. The van der Waals surface area contributed by atoms with Gasteiger partial charge in [0.1, 0.15) is 6.10 Å². The number of carboxylic acids is 1. The standard InChI is InChI=1S/C12H15NO6/c1-19-12(18)8-4-6(13)2-3-7(8)11(17)9(14)5-10(15)16/h2-4,9,11,14,17H,5,13H2,1H3,(H,15,16). The van der Waals surface area contributed by atoms with Crippen molar-refractivity contribution in [2.45, 2.75) is 18.6 Å². The van der Waals surface area contributed by atoms with E-state index in [4.69, 9.17) is 10.8 Å². The van der Waals surface area contributed by atoms with Gasteiger partial charge < -0.3 is 25.8 Å². The fraction of sp³-hybridized carbons (Fsp3) is 0.333. The summed E-state index contributed by atoms with van der Waals surface area (Å²) in [6, 6.07) is 4.06. The summed E-state index contributed by atoms with van der Waals surface area (Å²) in [5.74, 6) is -1.99. The van der Waals surface area contributed by atoms with Gasteiger partial charge in [-0.25, -0.2) is 4.79 Å². The summed E-state index contributed by atoms with van der Waals surface area (Å²) in [5, 5.41) is 28.0. The first kappa shape index (κ1) is 14.9. The lowest BCUT2D eigenvalue weighted by Crippen LogP contribution is -2.23. The van der Waals surface area contributed by atoms with Gasteiger partial charge in [0.05, 0.1) is 25.2 Å². The van der Waals surface area contributed by atoms with Crippen LogP contribution >= 0.6 is 0 Å². The number of rotatable bonds is 5. The lowest BCUT2D eigenvalue weighted by atomic mass is 9.96. The van der Waals surface area contributed by atoms with E-state index in [1.165, 1.54) is 18.2 Å². The number of aliphatic hydroxyl groups excluding tert-OH is 2. The first-order chi connectivity index (χ1) is 8.86. The van der Waals surface area contributed by atoms with Crippen LogP contribution in [-0.4, -0.2) is 40.5 Å². The number of hydrogen-bond donors (Lipinski definition) is 4. The summed E-state index contributed by atoms with van der Waals surface area (Å²) in [4.78, 5) is 22.0. The molecule has 2 unspecified atom stereocenters. The highest BCUT2D eigenvalue weighted by atomic mass is 16.5. The number of anilines is 1. The second kappa shape index (κ2) is 6.17. The van der Waals surface area contributed by atoms with Gasteiger partial charge in [0.25, 0.3) is 0 Å². The fourth-order valence-corrected chi connectivity index (χ4v) is 1.62. The van der Waals surface area contributed by atoms with Crippen molar-refractivity contribution in [2.75, 3.05) is 12.8 Å². The molecule has 19 heavy (non-hydrogen) atoms. The molecule has 0 amide bonds. The molecular weight excluding hydrogens is 254 g/mol. The van der Waals surface area contributed by atoms with Crippen LogP contribution in [0.4, 0.5) is 5.69 Å². The number of nitrogen functional groups attached to an aromatic ring is 1. The Hall–Kier alpha value is -2.12. The van der Waals surface area contributed by atoms with Crippen molar-refractivity contribution in [3.63, 3.8) is 0 Å². The monoisotopic (exact) mass is 269 g/mol. The van der Waals surface area contributed by atoms with Crippen molar-refractivity contribution in [1.29, 1.82) is 0 Å². The van der Waals surface area contributed by atoms with E-state index in [1.54, 1.807) is 0 Å². The van der Waals surface area contributed by atoms with Gasteiger partial charge in [-0.2, -0.15) is 0 Å². The molecule has 0 saturated carbocycles. The topological polar surface area (TPSA) is 130 Å². The molecule has 0 aliphatic rings. The van der Waals surface area contributed by atoms with Crippen molar-refractivity contribution in [2.24, 2.45) is 0 Å². The molecule has 1 rings (SSSR count). The highest BCUT2D eigenvalue weighted by Crippen LogP contribution is 2.25. The summed E-state index contributed by atoms with van der Waals surface area (Å²) >= 11 is 0. The molecule has 0 heterocycles. The number of esters is 1. The minimum atomic E-state index is -1.54. The van der Waals surface area contributed by atoms with Crippen LogP contribution in [0.15, 0.2) is 18.2 Å². The number of nitrogens with two attached hydrogens (primary N) is 1. The summed E-state index contributed by atoms with van der Waals surface area (Å²) in [6.07, 6.45) is -3.71. The van der Waals surface area contributed by atoms with E-state index in [0.717, 1.165) is 7.11 Å². The zero-order valence-electron chi connectivity index (χ0n) is 10.2. The molecule has 0 spiro atoms. The first-order valence-corrected chi connectivity index (χ1v) is 5.42. The van der Waals surface area contributed by atoms with Crippen LogP contribution in [-0.2, 0) is 9.53 Å². The van der Waals surface area contributed by atoms with E-state index >= 15 is 0 Å². The number of ether oxygens (including phenoxy) is 1. The summed E-state index contributed by atoms with van der Waals surface area (Å²) < 4.78 is 4.54. The van der Waals surface area contributed by atoms with Gasteiger partial charge in [-0.3, -0.25) is 4.79 Å². The maximum absolute atomic E-state index is 11.5. The number of aliphatic carboxylic acids is 1. The normalized spacial score (nSPS) is 13.6. The van der Waals surface area contributed by atoms with E-state index in [0.29, 0.717) is 0 Å². The molecule has 0 saturated heterocycles. The third kappa shape index (κ3) is 3.67. The van der Waals surface area contributed by atoms with Crippen molar-refractivity contribution in [3.05, 3.63) is 29.3 Å². The van der Waals surface area contributed by atoms with Crippen molar-refractivity contribution >= 4 is 17.6 Å². The Kier molecular flexibility index (Phi) is 4.85. The van der Waals surface area contributed by atoms with Crippen molar-refractivity contribution in [3.8, 4) is 0 Å². The average Bonchev–Trinajstić information content (AvgIpc) is 2.36. The maximum atomic E-state index is 11.5. The number of carbonyl (C=O) groups is 2. The van der Waals surface area contributed by atoms with Crippen LogP contribution in [0, 0.1) is 0 Å². The zero-order valence-corrected chi connectivity index (χ0v) is 10.2. The highest BCUT2D eigenvalue weighted by Gasteiger charge is 2.26. The second-order valence-electron chi connectivity index (χ2n) is 3.95. The van der Waals surface area contributed by atoms with Gasteiger partial charge in [0.2, 0.25) is 0 Å². The Morgan fingerprint density at radius 1 is 1.37 bits per heavy atom. The number of aliphatic hydroxyl groups is 2. The molecule has 1 aromatic rings. The molecule has 0 radical (unpaired) electrons. The Morgan fingerprint density at radius 3 is 2.53 bits per heavy atom. The van der Waals surface area contributed by atoms with E-state index in [1.807, 2.05) is 0 Å². The third-order valence-electron chi connectivity index (χ3n) is 2.55. The lowest BCUT2D eigenvalue weighted by Gasteiger charge is -2.19. The van der Waals surface area contributed by atoms with Crippen LogP contribution < -0.4 is 5.73 Å². The number of benzene rings is 1. The summed E-state index contributed by atoms with van der Waals surface area (Å²) in [7, 11) is 1.16. The number of carboxylic acid groups (broad SMARTS) is 1. The first-order valence-electron chi connectivity index (χ1n) is 5.42. The minimum Gasteiger partial charge on any atom is -0.481 e. The van der Waals surface area contributed by atoms with Crippen LogP contribution in [0.5, 0.6) is 0 Å². The number of methoxy groups -OCH3 is 1. The van der Waals surface area contributed by atoms with Gasteiger partial charge in [0, 0.05) is 5.69 Å². The largest absolute Gasteiger partial charge is 0.481 e. The Labute approximate surface area is 109 Å². The molecule has 0 bridgehead atoms. The van der Waals surface area contributed by atoms with E-state index in [2.05, 4.69) is 4.74 Å². The Balaban J connectivity index is 3.11. The zero-order chi connectivity index (χ0) is 14.6. The molecular formula is C12H15NO6. The predicted molar refractivity (Wildman–Crippen MR) is 65.4 cm³/mol. The van der Waals surface area contributed by atoms with Gasteiger partial charge in [-0.1, -0.05) is 6.07 Å². The van der Waals surface area contributed by atoms with Crippen molar-refractivity contribution < 1.29 is 29.6 Å². The molecule has 0 aliphatic carbocycles. The molecule has 0 aromatic heterocycles. The summed E-state index contributed by atoms with van der Waals surface area (Å²) in [5.41, 5.74) is 5.86. The molecule has 5 N–H and O–H groups in total. The van der Waals surface area contributed by atoms with E-state index in [-0.39, 0.29) is 16.8 Å². The fourth-order valence-electron chi connectivity index (χ4n) is 1.62. The molecule has 0 aliphatic heterocycles. The Morgan fingerprint density at radius 2 is 2.00 bits per heavy atom. The quantitative estimate of drug-likeness (QED) is 0.434. The molecule has 0 fully saturated rings. The molecule has 1 aromatic carbocycles. The lowest BCUT2D eigenvalue weighted by molar-refractivity contribution is -0.141. The van der Waals surface area contributed by atoms with Crippen LogP contribution in [0.1, 0.15) is 28.4 Å². The minimum absolute atomic E-state index is 0.0144. The van der Waals surface area contributed by atoms with E-state index < -0.39 is 30.6 Å². The molecule has 2 atom stereocenters. The molecule has 7 heteroatoms.